The van der Waals surface area contributed by atoms with Gasteiger partial charge in [0, 0.05) is 47.0 Å². The van der Waals surface area contributed by atoms with Gasteiger partial charge in [-0.3, -0.25) is 0 Å². The zero-order valence-corrected chi connectivity index (χ0v) is 17.4. The average Bonchev–Trinajstić information content (AvgIpc) is 2.72. The lowest BCUT2D eigenvalue weighted by atomic mass is 10.2. The van der Waals surface area contributed by atoms with Gasteiger partial charge in [-0.15, -0.1) is 0 Å². The van der Waals surface area contributed by atoms with Crippen molar-refractivity contribution < 1.29 is 14.6 Å². The molecule has 0 aliphatic rings. The molecule has 0 bridgehead atoms. The number of hydrogen-bond donors (Lipinski definition) is 1. The first-order chi connectivity index (χ1) is 13.9. The highest BCUT2D eigenvalue weighted by Crippen LogP contribution is 2.28. The maximum atomic E-state index is 11.1. The van der Waals surface area contributed by atoms with Gasteiger partial charge in [0.15, 0.2) is 5.82 Å². The van der Waals surface area contributed by atoms with Gasteiger partial charge in [-0.1, -0.05) is 12.1 Å². The number of anilines is 1. The number of ether oxygens (including phenoxy) is 1. The fourth-order valence-corrected chi connectivity index (χ4v) is 2.74. The predicted molar refractivity (Wildman–Crippen MR) is 115 cm³/mol. The zero-order valence-electron chi connectivity index (χ0n) is 17.4. The summed E-state index contributed by atoms with van der Waals surface area (Å²) >= 11 is 0. The van der Waals surface area contributed by atoms with E-state index in [-0.39, 0.29) is 0 Å². The number of amides is 1. The smallest absolute Gasteiger partial charge is 0.407 e. The summed E-state index contributed by atoms with van der Waals surface area (Å²) in [6, 6.07) is 11.8. The van der Waals surface area contributed by atoms with Gasteiger partial charge >= 0.3 is 6.09 Å². The van der Waals surface area contributed by atoms with Crippen LogP contribution in [0.15, 0.2) is 47.6 Å². The van der Waals surface area contributed by atoms with Crippen LogP contribution in [-0.2, 0) is 6.54 Å². The molecule has 1 aromatic heterocycles. The zero-order chi connectivity index (χ0) is 21.2. The number of aromatic nitrogens is 1. The second kappa shape index (κ2) is 10.9. The number of nitrogens with zero attached hydrogens (tertiary/aromatic N) is 5. The molecule has 0 fully saturated rings. The van der Waals surface area contributed by atoms with Gasteiger partial charge in [0.1, 0.15) is 5.75 Å². The molecule has 0 atom stereocenters. The van der Waals surface area contributed by atoms with Gasteiger partial charge in [-0.25, -0.2) is 14.8 Å². The maximum Gasteiger partial charge on any atom is 0.407 e. The number of pyridine rings is 1. The van der Waals surface area contributed by atoms with Crippen LogP contribution in [-0.4, -0.2) is 73.7 Å². The van der Waals surface area contributed by atoms with Gasteiger partial charge in [-0.05, 0) is 36.2 Å². The van der Waals surface area contributed by atoms with E-state index in [1.165, 1.54) is 4.90 Å². The van der Waals surface area contributed by atoms with Gasteiger partial charge < -0.3 is 24.5 Å². The second-order valence-corrected chi connectivity index (χ2v) is 6.88. The van der Waals surface area contributed by atoms with Crippen LogP contribution in [0.5, 0.6) is 5.75 Å². The molecule has 2 rings (SSSR count). The van der Waals surface area contributed by atoms with Crippen LogP contribution < -0.4 is 9.64 Å². The van der Waals surface area contributed by atoms with E-state index in [2.05, 4.69) is 14.9 Å². The molecule has 0 radical (unpaired) electrons. The summed E-state index contributed by atoms with van der Waals surface area (Å²) in [5.41, 5.74) is 2.02. The molecule has 2 aromatic rings. The summed E-state index contributed by atoms with van der Waals surface area (Å²) in [5.74, 6) is 1.43. The van der Waals surface area contributed by atoms with E-state index in [0.29, 0.717) is 31.9 Å². The molecule has 1 N–H and O–H groups in total. The molecule has 0 saturated heterocycles. The number of carboxylic acid groups (broad SMARTS) is 1. The summed E-state index contributed by atoms with van der Waals surface area (Å²) in [7, 11) is 7.03. The molecule has 1 aromatic carbocycles. The molecule has 1 heterocycles. The lowest BCUT2D eigenvalue weighted by Crippen LogP contribution is -2.30. The van der Waals surface area contributed by atoms with Crippen LogP contribution >= 0.6 is 0 Å². The van der Waals surface area contributed by atoms with Crippen molar-refractivity contribution in [3.8, 4) is 5.75 Å². The molecule has 0 saturated carbocycles. The van der Waals surface area contributed by atoms with Crippen molar-refractivity contribution in [2.75, 3.05) is 46.2 Å². The Labute approximate surface area is 172 Å². The van der Waals surface area contributed by atoms with Crippen LogP contribution in [0.1, 0.15) is 12.0 Å². The normalized spacial score (nSPS) is 10.8. The highest BCUT2D eigenvalue weighted by molar-refractivity contribution is 5.69. The van der Waals surface area contributed by atoms with Crippen molar-refractivity contribution in [1.29, 1.82) is 0 Å². The topological polar surface area (TPSA) is 81.5 Å². The third-order valence-corrected chi connectivity index (χ3v) is 4.30. The summed E-state index contributed by atoms with van der Waals surface area (Å²) < 4.78 is 5.24. The quantitative estimate of drug-likeness (QED) is 0.488. The molecule has 0 aliphatic carbocycles. The highest BCUT2D eigenvalue weighted by Gasteiger charge is 2.14. The molecule has 1 amide bonds. The summed E-state index contributed by atoms with van der Waals surface area (Å²) in [5, 5.41) is 9.08. The second-order valence-electron chi connectivity index (χ2n) is 6.88. The Hall–Kier alpha value is -3.29. The van der Waals surface area contributed by atoms with Crippen molar-refractivity contribution in [1.82, 2.24) is 14.8 Å². The first kappa shape index (κ1) is 22.0. The molecule has 29 heavy (non-hydrogen) atoms. The molecule has 0 spiro atoms. The first-order valence-electron chi connectivity index (χ1n) is 9.38. The Kier molecular flexibility index (Phi) is 8.27. The van der Waals surface area contributed by atoms with E-state index < -0.39 is 6.09 Å². The van der Waals surface area contributed by atoms with Crippen molar-refractivity contribution in [3.05, 3.63) is 48.2 Å². The molecule has 156 valence electrons. The number of carbonyl (C=O) groups is 1. The van der Waals surface area contributed by atoms with E-state index in [4.69, 9.17) is 9.84 Å². The van der Waals surface area contributed by atoms with Gasteiger partial charge in [0.05, 0.1) is 19.1 Å². The van der Waals surface area contributed by atoms with E-state index in [1.54, 1.807) is 26.7 Å². The van der Waals surface area contributed by atoms with Crippen LogP contribution in [0.4, 0.5) is 16.3 Å². The van der Waals surface area contributed by atoms with E-state index in [9.17, 15) is 4.79 Å². The number of hydrogen-bond acceptors (Lipinski definition) is 5. The maximum absolute atomic E-state index is 11.1. The predicted octanol–water partition coefficient (Wildman–Crippen LogP) is 3.32. The van der Waals surface area contributed by atoms with Crippen molar-refractivity contribution in [3.63, 3.8) is 0 Å². The Morgan fingerprint density at radius 3 is 2.52 bits per heavy atom. The lowest BCUT2D eigenvalue weighted by molar-refractivity contribution is 0.155. The molecular weight excluding hydrogens is 370 g/mol. The number of benzene rings is 1. The van der Waals surface area contributed by atoms with Crippen LogP contribution in [0.25, 0.3) is 0 Å². The Balaban J connectivity index is 2.24. The highest BCUT2D eigenvalue weighted by atomic mass is 16.5. The van der Waals surface area contributed by atoms with E-state index >= 15 is 0 Å². The molecule has 0 unspecified atom stereocenters. The third kappa shape index (κ3) is 6.99. The minimum Gasteiger partial charge on any atom is -0.497 e. The van der Waals surface area contributed by atoms with E-state index in [0.717, 1.165) is 17.0 Å². The molecule has 0 aliphatic heterocycles. The number of methoxy groups -OCH3 is 1. The SMILES string of the molecule is COc1ccc(CN(CCCN(C)C(=O)O)c2cccnc2N=CN(C)C)cc1. The first-order valence-corrected chi connectivity index (χ1v) is 9.38. The summed E-state index contributed by atoms with van der Waals surface area (Å²) in [6.45, 7) is 1.77. The van der Waals surface area contributed by atoms with Crippen LogP contribution in [0.2, 0.25) is 0 Å². The van der Waals surface area contributed by atoms with Crippen molar-refractivity contribution in [2.45, 2.75) is 13.0 Å². The Bertz CT molecular complexity index is 808. The largest absolute Gasteiger partial charge is 0.497 e. The van der Waals surface area contributed by atoms with Crippen LogP contribution in [0.3, 0.4) is 0 Å². The number of aliphatic imine (C=N–C) groups is 1. The average molecular weight is 399 g/mol. The van der Waals surface area contributed by atoms with Crippen molar-refractivity contribution in [2.24, 2.45) is 4.99 Å². The summed E-state index contributed by atoms with van der Waals surface area (Å²) in [4.78, 5) is 25.3. The number of rotatable bonds is 10. The van der Waals surface area contributed by atoms with Gasteiger partial charge in [-0.2, -0.15) is 0 Å². The van der Waals surface area contributed by atoms with Crippen molar-refractivity contribution >= 4 is 23.9 Å². The summed E-state index contributed by atoms with van der Waals surface area (Å²) in [6.07, 6.45) is 3.19. The molecule has 8 nitrogen and oxygen atoms in total. The van der Waals surface area contributed by atoms with Crippen LogP contribution in [0, 0.1) is 0 Å². The molecular formula is C21H29N5O3. The third-order valence-electron chi connectivity index (χ3n) is 4.30. The van der Waals surface area contributed by atoms with Gasteiger partial charge in [0.25, 0.3) is 0 Å². The standard InChI is InChI=1S/C21H29N5O3/c1-24(2)16-23-20-19(7-5-12-22-20)26(14-6-13-25(3)21(27)28)15-17-8-10-18(29-4)11-9-17/h5,7-12,16H,6,13-15H2,1-4H3,(H,27,28). The molecule has 8 heteroatoms. The Morgan fingerprint density at radius 1 is 1.17 bits per heavy atom. The van der Waals surface area contributed by atoms with E-state index in [1.807, 2.05) is 55.4 Å². The Morgan fingerprint density at radius 2 is 1.90 bits per heavy atom. The minimum atomic E-state index is -0.927. The monoisotopic (exact) mass is 399 g/mol. The van der Waals surface area contributed by atoms with Gasteiger partial charge in [0.2, 0.25) is 0 Å². The fourth-order valence-electron chi connectivity index (χ4n) is 2.74. The lowest BCUT2D eigenvalue weighted by Gasteiger charge is -2.26. The fraction of sp³-hybridized carbons (Fsp3) is 0.381. The minimum absolute atomic E-state index is 0.449.